The van der Waals surface area contributed by atoms with Gasteiger partial charge in [0.25, 0.3) is 5.69 Å². The highest BCUT2D eigenvalue weighted by molar-refractivity contribution is 6.09. The second-order valence-corrected chi connectivity index (χ2v) is 6.99. The number of ether oxygens (including phenoxy) is 1. The molecule has 144 valence electrons. The molecule has 2 fully saturated rings. The SMILES string of the molecule is COc1ccc(NC(=O)CN2C(=O)CC3(CCCCC3)C2=O)c([N+](=O)[O-])c1. The lowest BCUT2D eigenvalue weighted by atomic mass is 9.73. The maximum atomic E-state index is 12.7. The van der Waals surface area contributed by atoms with Gasteiger partial charge in [-0.2, -0.15) is 0 Å². The summed E-state index contributed by atoms with van der Waals surface area (Å²) in [5.74, 6) is -1.03. The number of nitrogens with zero attached hydrogens (tertiary/aromatic N) is 2. The first-order valence-electron chi connectivity index (χ1n) is 8.83. The Labute approximate surface area is 155 Å². The van der Waals surface area contributed by atoms with Gasteiger partial charge in [-0.25, -0.2) is 0 Å². The van der Waals surface area contributed by atoms with Crippen LogP contribution in [0.4, 0.5) is 11.4 Å². The lowest BCUT2D eigenvalue weighted by molar-refractivity contribution is -0.384. The van der Waals surface area contributed by atoms with Crippen LogP contribution in [0.15, 0.2) is 18.2 Å². The third kappa shape index (κ3) is 3.62. The number of imide groups is 1. The van der Waals surface area contributed by atoms with E-state index in [1.54, 1.807) is 0 Å². The molecule has 9 nitrogen and oxygen atoms in total. The summed E-state index contributed by atoms with van der Waals surface area (Å²) >= 11 is 0. The molecule has 2 aliphatic rings. The van der Waals surface area contributed by atoms with Crippen LogP contribution in [0.25, 0.3) is 0 Å². The molecule has 0 aromatic heterocycles. The average Bonchev–Trinajstić information content (AvgIpc) is 2.86. The summed E-state index contributed by atoms with van der Waals surface area (Å²) < 4.78 is 4.95. The van der Waals surface area contributed by atoms with Crippen molar-refractivity contribution in [1.82, 2.24) is 4.90 Å². The van der Waals surface area contributed by atoms with Crippen molar-refractivity contribution in [3.05, 3.63) is 28.3 Å². The number of hydrogen-bond donors (Lipinski definition) is 1. The highest BCUT2D eigenvalue weighted by atomic mass is 16.6. The Kier molecular flexibility index (Phi) is 5.11. The molecule has 1 aliphatic heterocycles. The number of rotatable bonds is 5. The molecule has 0 bridgehead atoms. The van der Waals surface area contributed by atoms with E-state index in [-0.39, 0.29) is 35.4 Å². The fourth-order valence-corrected chi connectivity index (χ4v) is 3.87. The van der Waals surface area contributed by atoms with Gasteiger partial charge in [0.05, 0.1) is 23.5 Å². The zero-order chi connectivity index (χ0) is 19.6. The van der Waals surface area contributed by atoms with Crippen LogP contribution >= 0.6 is 0 Å². The third-order valence-corrected chi connectivity index (χ3v) is 5.28. The first kappa shape index (κ1) is 18.8. The fourth-order valence-electron chi connectivity index (χ4n) is 3.87. The molecule has 1 heterocycles. The van der Waals surface area contributed by atoms with E-state index in [0.717, 1.165) is 24.2 Å². The lowest BCUT2D eigenvalue weighted by Crippen LogP contribution is -2.41. The van der Waals surface area contributed by atoms with Gasteiger partial charge in [-0.3, -0.25) is 29.4 Å². The minimum absolute atomic E-state index is 0.0164. The number of benzene rings is 1. The monoisotopic (exact) mass is 375 g/mol. The van der Waals surface area contributed by atoms with Gasteiger partial charge in [0.2, 0.25) is 17.7 Å². The number of anilines is 1. The minimum atomic E-state index is -0.665. The van der Waals surface area contributed by atoms with Crippen molar-refractivity contribution >= 4 is 29.1 Å². The van der Waals surface area contributed by atoms with Gasteiger partial charge in [0.1, 0.15) is 18.0 Å². The maximum absolute atomic E-state index is 12.7. The number of nitrogens with one attached hydrogen (secondary N) is 1. The zero-order valence-electron chi connectivity index (χ0n) is 15.0. The summed E-state index contributed by atoms with van der Waals surface area (Å²) in [6, 6.07) is 4.02. The Morgan fingerprint density at radius 1 is 1.30 bits per heavy atom. The maximum Gasteiger partial charge on any atom is 0.296 e. The van der Waals surface area contributed by atoms with E-state index in [1.165, 1.54) is 25.3 Å². The van der Waals surface area contributed by atoms with Crippen molar-refractivity contribution in [3.63, 3.8) is 0 Å². The van der Waals surface area contributed by atoms with Crippen molar-refractivity contribution < 1.29 is 24.0 Å². The quantitative estimate of drug-likeness (QED) is 0.479. The molecule has 9 heteroatoms. The molecule has 1 aromatic carbocycles. The average molecular weight is 375 g/mol. The van der Waals surface area contributed by atoms with Crippen molar-refractivity contribution in [3.8, 4) is 5.75 Å². The van der Waals surface area contributed by atoms with Gasteiger partial charge < -0.3 is 10.1 Å². The summed E-state index contributed by atoms with van der Waals surface area (Å²) in [6.45, 7) is -0.442. The Morgan fingerprint density at radius 3 is 2.63 bits per heavy atom. The molecule has 1 spiro atoms. The number of hydrogen-bond acceptors (Lipinski definition) is 6. The van der Waals surface area contributed by atoms with Gasteiger partial charge in [-0.05, 0) is 25.0 Å². The fraction of sp³-hybridized carbons (Fsp3) is 0.500. The molecule has 3 rings (SSSR count). The van der Waals surface area contributed by atoms with E-state index in [4.69, 9.17) is 4.74 Å². The lowest BCUT2D eigenvalue weighted by Gasteiger charge is -2.30. The van der Waals surface area contributed by atoms with Crippen LogP contribution in [0.1, 0.15) is 38.5 Å². The normalized spacial score (nSPS) is 18.6. The van der Waals surface area contributed by atoms with E-state index >= 15 is 0 Å². The summed E-state index contributed by atoms with van der Waals surface area (Å²) in [5.41, 5.74) is -1.01. The van der Waals surface area contributed by atoms with Gasteiger partial charge >= 0.3 is 0 Å². The highest BCUT2D eigenvalue weighted by Crippen LogP contribution is 2.45. The Bertz CT molecular complexity index is 800. The molecular formula is C18H21N3O6. The summed E-state index contributed by atoms with van der Waals surface area (Å²) in [7, 11) is 1.38. The smallest absolute Gasteiger partial charge is 0.296 e. The van der Waals surface area contributed by atoms with E-state index in [9.17, 15) is 24.5 Å². The number of methoxy groups -OCH3 is 1. The predicted molar refractivity (Wildman–Crippen MR) is 95.1 cm³/mol. The highest BCUT2D eigenvalue weighted by Gasteiger charge is 2.51. The van der Waals surface area contributed by atoms with Crippen LogP contribution in [-0.2, 0) is 14.4 Å². The standard InChI is InChI=1S/C18H21N3O6/c1-27-12-5-6-13(14(9-12)21(25)26)19-15(22)11-20-16(23)10-18(17(20)24)7-3-2-4-8-18/h5-6,9H,2-4,7-8,10-11H2,1H3,(H,19,22). The van der Waals surface area contributed by atoms with Crippen molar-refractivity contribution in [2.45, 2.75) is 38.5 Å². The molecule has 3 amide bonds. The second kappa shape index (κ2) is 7.34. The molecule has 0 unspecified atom stereocenters. The van der Waals surface area contributed by atoms with E-state index < -0.39 is 22.8 Å². The zero-order valence-corrected chi connectivity index (χ0v) is 15.0. The molecule has 1 aliphatic carbocycles. The number of likely N-dealkylation sites (tertiary alicyclic amines) is 1. The third-order valence-electron chi connectivity index (χ3n) is 5.28. The van der Waals surface area contributed by atoms with Crippen molar-refractivity contribution in [1.29, 1.82) is 0 Å². The molecule has 1 N–H and O–H groups in total. The van der Waals surface area contributed by atoms with Crippen LogP contribution in [0, 0.1) is 15.5 Å². The van der Waals surface area contributed by atoms with Gasteiger partial charge in [0, 0.05) is 6.42 Å². The van der Waals surface area contributed by atoms with Gasteiger partial charge in [-0.15, -0.1) is 0 Å². The number of nitro benzene ring substituents is 1. The summed E-state index contributed by atoms with van der Waals surface area (Å²) in [4.78, 5) is 48.9. The van der Waals surface area contributed by atoms with Crippen LogP contribution in [0.2, 0.25) is 0 Å². The second-order valence-electron chi connectivity index (χ2n) is 6.99. The largest absolute Gasteiger partial charge is 0.496 e. The molecule has 27 heavy (non-hydrogen) atoms. The molecule has 0 atom stereocenters. The van der Waals surface area contributed by atoms with E-state index in [1.807, 2.05) is 0 Å². The summed E-state index contributed by atoms with van der Waals surface area (Å²) in [5, 5.41) is 13.6. The molecule has 1 saturated carbocycles. The van der Waals surface area contributed by atoms with Crippen molar-refractivity contribution in [2.75, 3.05) is 19.0 Å². The Morgan fingerprint density at radius 2 is 2.00 bits per heavy atom. The minimum Gasteiger partial charge on any atom is -0.496 e. The van der Waals surface area contributed by atoms with Gasteiger partial charge in [0.15, 0.2) is 0 Å². The summed E-state index contributed by atoms with van der Waals surface area (Å²) in [6.07, 6.45) is 4.32. The number of carbonyl (C=O) groups excluding carboxylic acids is 3. The predicted octanol–water partition coefficient (Wildman–Crippen LogP) is 2.25. The van der Waals surface area contributed by atoms with E-state index in [0.29, 0.717) is 12.8 Å². The van der Waals surface area contributed by atoms with E-state index in [2.05, 4.69) is 5.32 Å². The topological polar surface area (TPSA) is 119 Å². The number of nitro groups is 1. The first-order chi connectivity index (χ1) is 12.9. The molecule has 1 aromatic rings. The Balaban J connectivity index is 1.72. The van der Waals surface area contributed by atoms with Crippen molar-refractivity contribution in [2.24, 2.45) is 5.41 Å². The molecule has 1 saturated heterocycles. The number of amides is 3. The first-order valence-corrected chi connectivity index (χ1v) is 8.83. The number of carbonyl (C=O) groups is 3. The van der Waals surface area contributed by atoms with Gasteiger partial charge in [-0.1, -0.05) is 19.3 Å². The van der Waals surface area contributed by atoms with Crippen LogP contribution in [0.3, 0.4) is 0 Å². The molecule has 0 radical (unpaired) electrons. The molecular weight excluding hydrogens is 354 g/mol. The Hall–Kier alpha value is -2.97. The van der Waals surface area contributed by atoms with Crippen LogP contribution < -0.4 is 10.1 Å². The van der Waals surface area contributed by atoms with Crippen LogP contribution in [-0.4, -0.2) is 41.2 Å². The van der Waals surface area contributed by atoms with Crippen LogP contribution in [0.5, 0.6) is 5.75 Å².